The third kappa shape index (κ3) is 3.83. The van der Waals surface area contributed by atoms with Crippen LogP contribution in [0.25, 0.3) is 16.7 Å². The van der Waals surface area contributed by atoms with Crippen LogP contribution >= 0.6 is 0 Å². The smallest absolute Gasteiger partial charge is 0.125 e. The summed E-state index contributed by atoms with van der Waals surface area (Å²) in [5, 5.41) is 8.50. The molecule has 0 saturated heterocycles. The van der Waals surface area contributed by atoms with Crippen LogP contribution < -0.4 is 0 Å². The molecule has 0 atom stereocenters. The highest BCUT2D eigenvalue weighted by molar-refractivity contribution is 6.00. The molecule has 0 aliphatic heterocycles. The number of hydrogen-bond acceptors (Lipinski definition) is 4. The minimum atomic E-state index is -0.286. The molecule has 30 heavy (non-hydrogen) atoms. The zero-order valence-electron chi connectivity index (χ0n) is 17.3. The Morgan fingerprint density at radius 1 is 1.13 bits per heavy atom. The van der Waals surface area contributed by atoms with Crippen molar-refractivity contribution in [1.82, 2.24) is 19.3 Å². The maximum Gasteiger partial charge on any atom is 0.125 e. The Labute approximate surface area is 174 Å². The van der Waals surface area contributed by atoms with Crippen molar-refractivity contribution in [3.05, 3.63) is 77.6 Å². The molecule has 0 saturated carbocycles. The first kappa shape index (κ1) is 19.8. The molecule has 2 aromatic heterocycles. The number of oxime groups is 1. The number of aryl methyl sites for hydroxylation is 1. The van der Waals surface area contributed by atoms with E-state index in [9.17, 15) is 4.39 Å². The molecule has 6 nitrogen and oxygen atoms in total. The van der Waals surface area contributed by atoms with Gasteiger partial charge in [0.25, 0.3) is 0 Å². The molecule has 4 aromatic rings. The standard InChI is InChI=1S/C23H24FN5O/c1-4-28-22-10-9-17(16(3)27-30-5-2)13-21(22)26-23(28)15-20-11-12-25-29(20)19-8-6-7-18(24)14-19/h6-14H,4-5,15H2,1-3H3/b27-16+. The molecule has 7 heteroatoms. The number of hydrogen-bond donors (Lipinski definition) is 0. The SMILES string of the molecule is CCO/N=C(\C)c1ccc2c(c1)nc(Cc1ccnn1-c1cccc(F)c1)n2CC. The maximum absolute atomic E-state index is 13.7. The van der Waals surface area contributed by atoms with Crippen LogP contribution in [-0.4, -0.2) is 31.7 Å². The minimum absolute atomic E-state index is 0.286. The van der Waals surface area contributed by atoms with Crippen molar-refractivity contribution >= 4 is 16.7 Å². The Hall–Kier alpha value is -3.48. The molecule has 4 rings (SSSR count). The fourth-order valence-corrected chi connectivity index (χ4v) is 3.57. The van der Waals surface area contributed by atoms with Crippen LogP contribution in [0.2, 0.25) is 0 Å². The Morgan fingerprint density at radius 3 is 2.77 bits per heavy atom. The van der Waals surface area contributed by atoms with Gasteiger partial charge in [0, 0.05) is 24.7 Å². The van der Waals surface area contributed by atoms with Crippen LogP contribution in [0.1, 0.15) is 37.9 Å². The molecular weight excluding hydrogens is 381 g/mol. The Balaban J connectivity index is 1.71. The van der Waals surface area contributed by atoms with Crippen molar-refractivity contribution in [2.75, 3.05) is 6.61 Å². The van der Waals surface area contributed by atoms with Crippen LogP contribution in [0.3, 0.4) is 0 Å². The Bertz CT molecular complexity index is 1210. The van der Waals surface area contributed by atoms with Crippen LogP contribution in [0, 0.1) is 5.82 Å². The van der Waals surface area contributed by atoms with Gasteiger partial charge < -0.3 is 9.40 Å². The molecule has 0 bridgehead atoms. The Morgan fingerprint density at radius 2 is 2.00 bits per heavy atom. The summed E-state index contributed by atoms with van der Waals surface area (Å²) < 4.78 is 17.6. The molecule has 0 aliphatic rings. The average Bonchev–Trinajstić information content (AvgIpc) is 3.35. The lowest BCUT2D eigenvalue weighted by Gasteiger charge is -2.09. The van der Waals surface area contributed by atoms with E-state index in [4.69, 9.17) is 9.82 Å². The number of benzene rings is 2. The third-order valence-electron chi connectivity index (χ3n) is 5.00. The fraction of sp³-hybridized carbons (Fsp3) is 0.261. The summed E-state index contributed by atoms with van der Waals surface area (Å²) in [6, 6.07) is 14.5. The molecule has 0 spiro atoms. The summed E-state index contributed by atoms with van der Waals surface area (Å²) >= 11 is 0. The molecule has 0 N–H and O–H groups in total. The Kier molecular flexibility index (Phi) is 5.61. The summed E-state index contributed by atoms with van der Waals surface area (Å²) in [6.07, 6.45) is 2.31. The van der Waals surface area contributed by atoms with Gasteiger partial charge in [-0.2, -0.15) is 5.10 Å². The van der Waals surface area contributed by atoms with E-state index in [0.29, 0.717) is 18.7 Å². The van der Waals surface area contributed by atoms with E-state index < -0.39 is 0 Å². The molecule has 0 aliphatic carbocycles. The van der Waals surface area contributed by atoms with Gasteiger partial charge in [0.2, 0.25) is 0 Å². The van der Waals surface area contributed by atoms with Crippen LogP contribution in [-0.2, 0) is 17.8 Å². The fourth-order valence-electron chi connectivity index (χ4n) is 3.57. The summed E-state index contributed by atoms with van der Waals surface area (Å²) in [7, 11) is 0. The first-order valence-corrected chi connectivity index (χ1v) is 10.1. The predicted molar refractivity (Wildman–Crippen MR) is 116 cm³/mol. The molecule has 2 heterocycles. The number of fused-ring (bicyclic) bond motifs is 1. The van der Waals surface area contributed by atoms with Crippen LogP contribution in [0.15, 0.2) is 59.9 Å². The lowest BCUT2D eigenvalue weighted by molar-refractivity contribution is 0.159. The molecule has 0 radical (unpaired) electrons. The third-order valence-corrected chi connectivity index (χ3v) is 5.00. The molecule has 0 amide bonds. The van der Waals surface area contributed by atoms with Crippen LogP contribution in [0.4, 0.5) is 4.39 Å². The number of imidazole rings is 1. The van der Waals surface area contributed by atoms with Gasteiger partial charge >= 0.3 is 0 Å². The van der Waals surface area contributed by atoms with Crippen molar-refractivity contribution in [2.45, 2.75) is 33.7 Å². The lowest BCUT2D eigenvalue weighted by Crippen LogP contribution is -2.07. The van der Waals surface area contributed by atoms with Crippen molar-refractivity contribution in [1.29, 1.82) is 0 Å². The monoisotopic (exact) mass is 405 g/mol. The first-order chi connectivity index (χ1) is 14.6. The second-order valence-electron chi connectivity index (χ2n) is 6.96. The van der Waals surface area contributed by atoms with Gasteiger partial charge in [0.1, 0.15) is 18.2 Å². The lowest BCUT2D eigenvalue weighted by atomic mass is 10.1. The minimum Gasteiger partial charge on any atom is -0.396 e. The highest BCUT2D eigenvalue weighted by Gasteiger charge is 2.14. The van der Waals surface area contributed by atoms with E-state index in [1.807, 2.05) is 38.1 Å². The van der Waals surface area contributed by atoms with Gasteiger partial charge in [0.15, 0.2) is 0 Å². The van der Waals surface area contributed by atoms with Crippen molar-refractivity contribution in [3.8, 4) is 5.69 Å². The number of nitrogens with zero attached hydrogens (tertiary/aromatic N) is 5. The first-order valence-electron chi connectivity index (χ1n) is 10.1. The van der Waals surface area contributed by atoms with Crippen molar-refractivity contribution < 1.29 is 9.23 Å². The van der Waals surface area contributed by atoms with Crippen LogP contribution in [0.5, 0.6) is 0 Å². The van der Waals surface area contributed by atoms with Gasteiger partial charge in [-0.15, -0.1) is 0 Å². The second-order valence-corrected chi connectivity index (χ2v) is 6.96. The van der Waals surface area contributed by atoms with E-state index in [1.165, 1.54) is 12.1 Å². The zero-order valence-corrected chi connectivity index (χ0v) is 17.3. The quantitative estimate of drug-likeness (QED) is 0.330. The van der Waals surface area contributed by atoms with E-state index in [-0.39, 0.29) is 5.82 Å². The normalized spacial score (nSPS) is 11.9. The molecule has 154 valence electrons. The van der Waals surface area contributed by atoms with E-state index in [1.54, 1.807) is 16.9 Å². The summed E-state index contributed by atoms with van der Waals surface area (Å²) in [5.74, 6) is 0.647. The molecule has 0 unspecified atom stereocenters. The van der Waals surface area contributed by atoms with E-state index in [0.717, 1.165) is 40.4 Å². The average molecular weight is 405 g/mol. The summed E-state index contributed by atoms with van der Waals surface area (Å²) in [4.78, 5) is 10.1. The summed E-state index contributed by atoms with van der Waals surface area (Å²) in [6.45, 7) is 7.26. The molecular formula is C23H24FN5O. The van der Waals surface area contributed by atoms with Gasteiger partial charge in [-0.25, -0.2) is 14.1 Å². The molecule has 0 fully saturated rings. The number of halogens is 1. The highest BCUT2D eigenvalue weighted by atomic mass is 19.1. The van der Waals surface area contributed by atoms with Gasteiger partial charge in [-0.05, 0) is 57.2 Å². The second kappa shape index (κ2) is 8.49. The van der Waals surface area contributed by atoms with Gasteiger partial charge in [-0.3, -0.25) is 0 Å². The number of aromatic nitrogens is 4. The number of rotatable bonds is 7. The summed E-state index contributed by atoms with van der Waals surface area (Å²) in [5.41, 5.74) is 5.41. The highest BCUT2D eigenvalue weighted by Crippen LogP contribution is 2.22. The van der Waals surface area contributed by atoms with E-state index in [2.05, 4.69) is 27.8 Å². The topological polar surface area (TPSA) is 57.2 Å². The predicted octanol–water partition coefficient (Wildman–Crippen LogP) is 4.73. The van der Waals surface area contributed by atoms with Gasteiger partial charge in [-0.1, -0.05) is 17.3 Å². The molecule has 2 aromatic carbocycles. The van der Waals surface area contributed by atoms with Gasteiger partial charge in [0.05, 0.1) is 28.1 Å². The largest absolute Gasteiger partial charge is 0.396 e. The van der Waals surface area contributed by atoms with E-state index >= 15 is 0 Å². The maximum atomic E-state index is 13.7. The van der Waals surface area contributed by atoms with Crippen molar-refractivity contribution in [3.63, 3.8) is 0 Å². The van der Waals surface area contributed by atoms with Crippen molar-refractivity contribution in [2.24, 2.45) is 5.16 Å². The zero-order chi connectivity index (χ0) is 21.1.